The summed E-state index contributed by atoms with van der Waals surface area (Å²) in [6, 6.07) is -0.144. The molecule has 1 aliphatic rings. The third-order valence-corrected chi connectivity index (χ3v) is 2.91. The van der Waals surface area contributed by atoms with Crippen molar-refractivity contribution in [2.45, 2.75) is 32.7 Å². The molecule has 4 nitrogen and oxygen atoms in total. The Labute approximate surface area is 85.1 Å². The van der Waals surface area contributed by atoms with E-state index in [2.05, 4.69) is 10.6 Å². The summed E-state index contributed by atoms with van der Waals surface area (Å²) in [5.41, 5.74) is -0.255. The lowest BCUT2D eigenvalue weighted by atomic mass is 9.80. The molecular weight excluding hydrogens is 180 g/mol. The number of carbonyl (C=O) groups excluding carboxylic acids is 1. The zero-order chi connectivity index (χ0) is 10.6. The maximum atomic E-state index is 11.8. The largest absolute Gasteiger partial charge is 0.394 e. The summed E-state index contributed by atoms with van der Waals surface area (Å²) in [6.45, 7) is 5.60. The van der Waals surface area contributed by atoms with E-state index in [-0.39, 0.29) is 24.0 Å². The van der Waals surface area contributed by atoms with Crippen molar-refractivity contribution in [1.82, 2.24) is 10.6 Å². The minimum atomic E-state index is -0.255. The second kappa shape index (κ2) is 4.75. The number of hydrogen-bond donors (Lipinski definition) is 3. The molecule has 0 radical (unpaired) electrons. The lowest BCUT2D eigenvalue weighted by Gasteiger charge is -2.33. The molecule has 1 heterocycles. The lowest BCUT2D eigenvalue weighted by molar-refractivity contribution is -0.132. The van der Waals surface area contributed by atoms with Crippen molar-refractivity contribution in [3.63, 3.8) is 0 Å². The van der Waals surface area contributed by atoms with E-state index >= 15 is 0 Å². The molecule has 0 aromatic carbocycles. The number of nitrogens with one attached hydrogen (secondary N) is 2. The van der Waals surface area contributed by atoms with E-state index in [4.69, 9.17) is 5.11 Å². The molecule has 1 unspecified atom stereocenters. The fourth-order valence-corrected chi connectivity index (χ4v) is 1.65. The molecule has 82 valence electrons. The Morgan fingerprint density at radius 3 is 2.64 bits per heavy atom. The van der Waals surface area contributed by atoms with Crippen molar-refractivity contribution < 1.29 is 9.90 Å². The molecular formula is C10H20N2O2. The molecule has 4 heteroatoms. The second-order valence-electron chi connectivity index (χ2n) is 4.37. The van der Waals surface area contributed by atoms with Gasteiger partial charge in [-0.05, 0) is 32.9 Å². The Morgan fingerprint density at radius 1 is 1.57 bits per heavy atom. The molecule has 14 heavy (non-hydrogen) atoms. The molecule has 1 aliphatic heterocycles. The van der Waals surface area contributed by atoms with Gasteiger partial charge in [-0.2, -0.15) is 0 Å². The molecule has 0 spiro atoms. The first-order valence-corrected chi connectivity index (χ1v) is 5.21. The third-order valence-electron chi connectivity index (χ3n) is 2.91. The maximum Gasteiger partial charge on any atom is 0.226 e. The van der Waals surface area contributed by atoms with Crippen LogP contribution in [0.3, 0.4) is 0 Å². The SMILES string of the molecule is CC(CO)NC(=O)C1(C)CCNCC1. The van der Waals surface area contributed by atoms with Gasteiger partial charge in [-0.3, -0.25) is 4.79 Å². The van der Waals surface area contributed by atoms with E-state index in [1.165, 1.54) is 0 Å². The molecule has 0 aliphatic carbocycles. The van der Waals surface area contributed by atoms with Crippen molar-refractivity contribution >= 4 is 5.91 Å². The van der Waals surface area contributed by atoms with E-state index in [0.29, 0.717) is 0 Å². The van der Waals surface area contributed by atoms with Gasteiger partial charge in [-0.1, -0.05) is 6.92 Å². The Morgan fingerprint density at radius 2 is 2.14 bits per heavy atom. The smallest absolute Gasteiger partial charge is 0.226 e. The molecule has 0 aromatic rings. The van der Waals surface area contributed by atoms with E-state index in [9.17, 15) is 4.79 Å². The van der Waals surface area contributed by atoms with Crippen LogP contribution < -0.4 is 10.6 Å². The Hall–Kier alpha value is -0.610. The number of piperidine rings is 1. The van der Waals surface area contributed by atoms with E-state index < -0.39 is 0 Å². The van der Waals surface area contributed by atoms with Gasteiger partial charge in [0.05, 0.1) is 6.61 Å². The fraction of sp³-hybridized carbons (Fsp3) is 0.900. The molecule has 1 atom stereocenters. The van der Waals surface area contributed by atoms with Gasteiger partial charge in [0.15, 0.2) is 0 Å². The third kappa shape index (κ3) is 2.69. The van der Waals surface area contributed by atoms with Crippen LogP contribution in [0.25, 0.3) is 0 Å². The molecule has 1 rings (SSSR count). The van der Waals surface area contributed by atoms with E-state index in [1.54, 1.807) is 0 Å². The van der Waals surface area contributed by atoms with Gasteiger partial charge >= 0.3 is 0 Å². The van der Waals surface area contributed by atoms with E-state index in [1.807, 2.05) is 13.8 Å². The van der Waals surface area contributed by atoms with E-state index in [0.717, 1.165) is 25.9 Å². The van der Waals surface area contributed by atoms with Crippen molar-refractivity contribution in [3.8, 4) is 0 Å². The predicted octanol–water partition coefficient (Wildman–Crippen LogP) is -0.127. The van der Waals surface area contributed by atoms with Crippen LogP contribution >= 0.6 is 0 Å². The molecule has 1 fully saturated rings. The standard InChI is InChI=1S/C10H20N2O2/c1-8(7-13)12-9(14)10(2)3-5-11-6-4-10/h8,11,13H,3-7H2,1-2H3,(H,12,14). The first-order valence-electron chi connectivity index (χ1n) is 5.21. The topological polar surface area (TPSA) is 61.4 Å². The van der Waals surface area contributed by atoms with Gasteiger partial charge in [-0.25, -0.2) is 0 Å². The Bertz CT molecular complexity index is 200. The molecule has 0 bridgehead atoms. The van der Waals surface area contributed by atoms with Crippen LogP contribution in [0.4, 0.5) is 0 Å². The van der Waals surface area contributed by atoms with Crippen LogP contribution in [0.5, 0.6) is 0 Å². The molecule has 0 aromatic heterocycles. The molecule has 0 saturated carbocycles. The van der Waals surface area contributed by atoms with Gasteiger partial charge in [-0.15, -0.1) is 0 Å². The Balaban J connectivity index is 2.49. The van der Waals surface area contributed by atoms with Crippen molar-refractivity contribution in [2.24, 2.45) is 5.41 Å². The van der Waals surface area contributed by atoms with Crippen LogP contribution in [0.1, 0.15) is 26.7 Å². The summed E-state index contributed by atoms with van der Waals surface area (Å²) >= 11 is 0. The van der Waals surface area contributed by atoms with Crippen molar-refractivity contribution in [1.29, 1.82) is 0 Å². The summed E-state index contributed by atoms with van der Waals surface area (Å²) in [7, 11) is 0. The van der Waals surface area contributed by atoms with Gasteiger partial charge in [0, 0.05) is 11.5 Å². The fourth-order valence-electron chi connectivity index (χ4n) is 1.65. The summed E-state index contributed by atoms with van der Waals surface area (Å²) in [5.74, 6) is 0.0700. The zero-order valence-electron chi connectivity index (χ0n) is 8.97. The summed E-state index contributed by atoms with van der Waals surface area (Å²) in [5, 5.41) is 14.9. The molecule has 1 amide bonds. The van der Waals surface area contributed by atoms with Crippen LogP contribution in [-0.4, -0.2) is 36.8 Å². The first-order chi connectivity index (χ1) is 6.58. The quantitative estimate of drug-likeness (QED) is 0.595. The average molecular weight is 200 g/mol. The highest BCUT2D eigenvalue weighted by Crippen LogP contribution is 2.27. The highest BCUT2D eigenvalue weighted by atomic mass is 16.3. The summed E-state index contributed by atoms with van der Waals surface area (Å²) in [4.78, 5) is 11.8. The maximum absolute atomic E-state index is 11.8. The van der Waals surface area contributed by atoms with Crippen LogP contribution in [0.2, 0.25) is 0 Å². The van der Waals surface area contributed by atoms with Gasteiger partial charge in [0.2, 0.25) is 5.91 Å². The summed E-state index contributed by atoms with van der Waals surface area (Å²) in [6.07, 6.45) is 1.74. The lowest BCUT2D eigenvalue weighted by Crippen LogP contribution is -2.48. The number of carbonyl (C=O) groups is 1. The number of amides is 1. The normalized spacial score (nSPS) is 22.8. The number of aliphatic hydroxyl groups excluding tert-OH is 1. The van der Waals surface area contributed by atoms with Gasteiger partial charge in [0.25, 0.3) is 0 Å². The summed E-state index contributed by atoms with van der Waals surface area (Å²) < 4.78 is 0. The van der Waals surface area contributed by atoms with Crippen LogP contribution in [-0.2, 0) is 4.79 Å². The second-order valence-corrected chi connectivity index (χ2v) is 4.37. The zero-order valence-corrected chi connectivity index (χ0v) is 8.97. The highest BCUT2D eigenvalue weighted by Gasteiger charge is 2.34. The average Bonchev–Trinajstić information content (AvgIpc) is 2.18. The van der Waals surface area contributed by atoms with Crippen LogP contribution in [0, 0.1) is 5.41 Å². The van der Waals surface area contributed by atoms with Gasteiger partial charge in [0.1, 0.15) is 0 Å². The van der Waals surface area contributed by atoms with Gasteiger partial charge < -0.3 is 15.7 Å². The minimum Gasteiger partial charge on any atom is -0.394 e. The van der Waals surface area contributed by atoms with Crippen molar-refractivity contribution in [2.75, 3.05) is 19.7 Å². The monoisotopic (exact) mass is 200 g/mol. The highest BCUT2D eigenvalue weighted by molar-refractivity contribution is 5.82. The number of aliphatic hydroxyl groups is 1. The number of rotatable bonds is 3. The van der Waals surface area contributed by atoms with Crippen molar-refractivity contribution in [3.05, 3.63) is 0 Å². The Kier molecular flexibility index (Phi) is 3.89. The first kappa shape index (κ1) is 11.5. The molecule has 3 N–H and O–H groups in total. The minimum absolute atomic E-state index is 0.0000694. The van der Waals surface area contributed by atoms with Crippen LogP contribution in [0.15, 0.2) is 0 Å². The molecule has 1 saturated heterocycles. The number of hydrogen-bond acceptors (Lipinski definition) is 3. The predicted molar refractivity (Wildman–Crippen MR) is 54.9 cm³/mol.